The van der Waals surface area contributed by atoms with E-state index in [-0.39, 0.29) is 5.91 Å². The highest BCUT2D eigenvalue weighted by Gasteiger charge is 2.13. The molecule has 0 saturated heterocycles. The molecule has 0 bridgehead atoms. The van der Waals surface area contributed by atoms with E-state index in [2.05, 4.69) is 28.8 Å². The molecule has 0 heterocycles. The zero-order valence-corrected chi connectivity index (χ0v) is 16.0. The van der Waals surface area contributed by atoms with Gasteiger partial charge in [-0.25, -0.2) is 5.43 Å². The van der Waals surface area contributed by atoms with Gasteiger partial charge in [0, 0.05) is 11.6 Å². The summed E-state index contributed by atoms with van der Waals surface area (Å²) < 4.78 is 5.86. The Labute approximate surface area is 161 Å². The van der Waals surface area contributed by atoms with Crippen LogP contribution in [0.4, 0.5) is 0 Å². The van der Waals surface area contributed by atoms with Crippen molar-refractivity contribution in [1.29, 1.82) is 0 Å². The summed E-state index contributed by atoms with van der Waals surface area (Å²) in [6.45, 7) is 3.03. The van der Waals surface area contributed by atoms with Crippen molar-refractivity contribution in [3.8, 4) is 5.75 Å². The van der Waals surface area contributed by atoms with E-state index in [4.69, 9.17) is 4.74 Å². The highest BCUT2D eigenvalue weighted by Crippen LogP contribution is 2.26. The van der Waals surface area contributed by atoms with Crippen LogP contribution >= 0.6 is 0 Å². The van der Waals surface area contributed by atoms with Gasteiger partial charge in [-0.1, -0.05) is 56.5 Å². The number of benzene rings is 2. The minimum atomic E-state index is -0.118. The van der Waals surface area contributed by atoms with Crippen molar-refractivity contribution in [1.82, 2.24) is 10.7 Å². The predicted molar refractivity (Wildman–Crippen MR) is 110 cm³/mol. The fraction of sp³-hybridized carbons (Fsp3) is 0.455. The van der Waals surface area contributed by atoms with Gasteiger partial charge in [0.25, 0.3) is 5.91 Å². The lowest BCUT2D eigenvalue weighted by molar-refractivity contribution is -0.120. The maximum atomic E-state index is 12.1. The van der Waals surface area contributed by atoms with E-state index in [1.54, 1.807) is 6.21 Å². The molecule has 1 aliphatic rings. The molecule has 2 aromatic rings. The second-order valence-electron chi connectivity index (χ2n) is 7.06. The highest BCUT2D eigenvalue weighted by molar-refractivity contribution is 6.02. The molecule has 5 nitrogen and oxygen atoms in total. The summed E-state index contributed by atoms with van der Waals surface area (Å²) in [6.07, 6.45) is 8.74. The van der Waals surface area contributed by atoms with Crippen LogP contribution in [-0.2, 0) is 4.79 Å². The minimum absolute atomic E-state index is 0.118. The van der Waals surface area contributed by atoms with Crippen molar-refractivity contribution < 1.29 is 9.53 Å². The van der Waals surface area contributed by atoms with Crippen molar-refractivity contribution in [3.63, 3.8) is 0 Å². The maximum absolute atomic E-state index is 12.1. The summed E-state index contributed by atoms with van der Waals surface area (Å²) in [5.74, 6) is 0.668. The van der Waals surface area contributed by atoms with Crippen LogP contribution in [-0.4, -0.2) is 31.3 Å². The number of amides is 1. The standard InChI is InChI=1S/C22H29N3O2/c1-2-14-27-21-13-12-17-8-6-7-11-19(17)20(21)15-24-25-22(26)16-23-18-9-4-3-5-10-18/h6-8,11-13,15,18,23H,2-5,9-10,14,16H2,1H3,(H,25,26)/b24-15-. The Morgan fingerprint density at radius 1 is 1.19 bits per heavy atom. The van der Waals surface area contributed by atoms with Gasteiger partial charge in [0.2, 0.25) is 0 Å². The number of nitrogens with zero attached hydrogens (tertiary/aromatic N) is 1. The topological polar surface area (TPSA) is 62.7 Å². The molecule has 1 amide bonds. The Morgan fingerprint density at radius 2 is 2.00 bits per heavy atom. The molecule has 5 heteroatoms. The lowest BCUT2D eigenvalue weighted by atomic mass is 9.95. The van der Waals surface area contributed by atoms with Crippen molar-refractivity contribution >= 4 is 22.9 Å². The van der Waals surface area contributed by atoms with Crippen LogP contribution in [0.3, 0.4) is 0 Å². The van der Waals surface area contributed by atoms with Crippen LogP contribution in [0.25, 0.3) is 10.8 Å². The summed E-state index contributed by atoms with van der Waals surface area (Å²) >= 11 is 0. The molecular weight excluding hydrogens is 338 g/mol. The first-order chi connectivity index (χ1) is 13.3. The number of hydrogen-bond acceptors (Lipinski definition) is 4. The Balaban J connectivity index is 1.64. The Morgan fingerprint density at radius 3 is 2.81 bits per heavy atom. The molecular formula is C22H29N3O2. The zero-order chi connectivity index (χ0) is 18.9. The number of rotatable bonds is 8. The van der Waals surface area contributed by atoms with E-state index in [1.165, 1.54) is 19.3 Å². The molecule has 1 saturated carbocycles. The van der Waals surface area contributed by atoms with E-state index in [9.17, 15) is 4.79 Å². The minimum Gasteiger partial charge on any atom is -0.493 e. The van der Waals surface area contributed by atoms with E-state index < -0.39 is 0 Å². The van der Waals surface area contributed by atoms with Crippen LogP contribution in [0, 0.1) is 0 Å². The summed E-state index contributed by atoms with van der Waals surface area (Å²) in [5.41, 5.74) is 3.52. The van der Waals surface area contributed by atoms with Crippen molar-refractivity contribution in [2.45, 2.75) is 51.5 Å². The number of hydrogen-bond donors (Lipinski definition) is 2. The number of carbonyl (C=O) groups is 1. The Kier molecular flexibility index (Phi) is 7.22. The van der Waals surface area contributed by atoms with Crippen molar-refractivity contribution in [2.24, 2.45) is 5.10 Å². The number of carbonyl (C=O) groups excluding carboxylic acids is 1. The van der Waals surface area contributed by atoms with E-state index >= 15 is 0 Å². The molecule has 1 aliphatic carbocycles. The summed E-state index contributed by atoms with van der Waals surface area (Å²) in [5, 5.41) is 9.69. The van der Waals surface area contributed by atoms with Crippen LogP contribution < -0.4 is 15.5 Å². The fourth-order valence-corrected chi connectivity index (χ4v) is 3.50. The molecule has 0 atom stereocenters. The van der Waals surface area contributed by atoms with Gasteiger partial charge in [-0.3, -0.25) is 4.79 Å². The van der Waals surface area contributed by atoms with Crippen molar-refractivity contribution in [2.75, 3.05) is 13.2 Å². The van der Waals surface area contributed by atoms with Gasteiger partial charge >= 0.3 is 0 Å². The molecule has 0 aromatic heterocycles. The summed E-state index contributed by atoms with van der Waals surface area (Å²) in [7, 11) is 0. The van der Waals surface area contributed by atoms with Crippen LogP contribution in [0.1, 0.15) is 51.0 Å². The largest absolute Gasteiger partial charge is 0.493 e. The van der Waals surface area contributed by atoms with Crippen LogP contribution in [0.2, 0.25) is 0 Å². The van der Waals surface area contributed by atoms with Crippen LogP contribution in [0.5, 0.6) is 5.75 Å². The molecule has 0 radical (unpaired) electrons. The van der Waals surface area contributed by atoms with Crippen molar-refractivity contribution in [3.05, 3.63) is 42.0 Å². The number of nitrogens with one attached hydrogen (secondary N) is 2. The monoisotopic (exact) mass is 367 g/mol. The van der Waals surface area contributed by atoms with Crippen LogP contribution in [0.15, 0.2) is 41.5 Å². The first-order valence-corrected chi connectivity index (χ1v) is 9.97. The van der Waals surface area contributed by atoms with Gasteiger partial charge in [-0.05, 0) is 36.1 Å². The molecule has 1 fully saturated rings. The van der Waals surface area contributed by atoms with Gasteiger partial charge in [-0.2, -0.15) is 5.10 Å². The average molecular weight is 367 g/mol. The van der Waals surface area contributed by atoms with E-state index in [0.29, 0.717) is 19.2 Å². The fourth-order valence-electron chi connectivity index (χ4n) is 3.50. The lowest BCUT2D eigenvalue weighted by Gasteiger charge is -2.22. The van der Waals surface area contributed by atoms with Gasteiger partial charge in [0.05, 0.1) is 19.4 Å². The second-order valence-corrected chi connectivity index (χ2v) is 7.06. The van der Waals surface area contributed by atoms with Gasteiger partial charge < -0.3 is 10.1 Å². The second kappa shape index (κ2) is 10.1. The molecule has 2 N–H and O–H groups in total. The summed E-state index contributed by atoms with van der Waals surface area (Å²) in [6, 6.07) is 12.6. The molecule has 3 rings (SSSR count). The van der Waals surface area contributed by atoms with Gasteiger partial charge in [-0.15, -0.1) is 0 Å². The molecule has 144 valence electrons. The third kappa shape index (κ3) is 5.54. The molecule has 0 unspecified atom stereocenters. The quantitative estimate of drug-likeness (QED) is 0.547. The zero-order valence-electron chi connectivity index (χ0n) is 16.0. The molecule has 27 heavy (non-hydrogen) atoms. The van der Waals surface area contributed by atoms with Gasteiger partial charge in [0.1, 0.15) is 5.75 Å². The summed E-state index contributed by atoms with van der Waals surface area (Å²) in [4.78, 5) is 12.1. The molecule has 0 spiro atoms. The number of hydrazone groups is 1. The number of fused-ring (bicyclic) bond motifs is 1. The van der Waals surface area contributed by atoms with E-state index in [1.807, 2.05) is 30.3 Å². The lowest BCUT2D eigenvalue weighted by Crippen LogP contribution is -2.38. The first kappa shape index (κ1) is 19.4. The highest BCUT2D eigenvalue weighted by atomic mass is 16.5. The number of ether oxygens (including phenoxy) is 1. The molecule has 0 aliphatic heterocycles. The predicted octanol–water partition coefficient (Wildman–Crippen LogP) is 4.00. The Bertz CT molecular complexity index is 782. The SMILES string of the molecule is CCCOc1ccc2ccccc2c1/C=N\NC(=O)CNC1CCCCC1. The normalized spacial score (nSPS) is 15.3. The average Bonchev–Trinajstić information content (AvgIpc) is 2.72. The third-order valence-corrected chi connectivity index (χ3v) is 4.93. The first-order valence-electron chi connectivity index (χ1n) is 9.97. The smallest absolute Gasteiger partial charge is 0.254 e. The maximum Gasteiger partial charge on any atom is 0.254 e. The third-order valence-electron chi connectivity index (χ3n) is 4.93. The molecule has 2 aromatic carbocycles. The van der Waals surface area contributed by atoms with Gasteiger partial charge in [0.15, 0.2) is 0 Å². The van der Waals surface area contributed by atoms with E-state index in [0.717, 1.165) is 41.3 Å². The Hall–Kier alpha value is -2.40.